The maximum Gasteiger partial charge on any atom is 0.335 e. The lowest BCUT2D eigenvalue weighted by Crippen LogP contribution is -2.31. The molecular weight excluding hydrogens is 524 g/mol. The predicted octanol–water partition coefficient (Wildman–Crippen LogP) is 5.23. The number of benzene rings is 2. The van der Waals surface area contributed by atoms with E-state index in [1.807, 2.05) is 6.92 Å². The SMILES string of the molecule is COCCC(C(=O)Cc1ccc(C(=O)O)cc1)n1cc(OC)c(-c2cc(Cl)ccc2-c2cc(C)no2)cc1=O. The highest BCUT2D eigenvalue weighted by Crippen LogP contribution is 2.38. The molecule has 10 heteroatoms. The van der Waals surface area contributed by atoms with Gasteiger partial charge in [0, 0.05) is 48.4 Å². The number of Topliss-reactive ketones (excluding diaryl/α,β-unsaturated/α-hetero) is 1. The highest BCUT2D eigenvalue weighted by molar-refractivity contribution is 6.31. The van der Waals surface area contributed by atoms with Crippen LogP contribution in [0.15, 0.2) is 70.1 Å². The van der Waals surface area contributed by atoms with Crippen molar-refractivity contribution in [3.8, 4) is 28.2 Å². The fourth-order valence-corrected chi connectivity index (χ4v) is 4.53. The minimum atomic E-state index is -1.05. The Morgan fingerprint density at radius 1 is 1.05 bits per heavy atom. The molecule has 2 aromatic carbocycles. The molecule has 0 aliphatic heterocycles. The summed E-state index contributed by atoms with van der Waals surface area (Å²) in [5.74, 6) is -0.415. The summed E-state index contributed by atoms with van der Waals surface area (Å²) in [5, 5.41) is 13.5. The van der Waals surface area contributed by atoms with Crippen LogP contribution in [0.2, 0.25) is 5.02 Å². The van der Waals surface area contributed by atoms with E-state index < -0.39 is 17.6 Å². The first-order chi connectivity index (χ1) is 18.7. The third-order valence-corrected chi connectivity index (χ3v) is 6.55. The second kappa shape index (κ2) is 12.1. The van der Waals surface area contributed by atoms with Crippen LogP contribution in [0.1, 0.15) is 34.1 Å². The van der Waals surface area contributed by atoms with Crippen molar-refractivity contribution in [3.05, 3.63) is 93.0 Å². The standard InChI is InChI=1S/C29H27ClN2O7/c1-17-12-26(39-31-17)21-9-8-20(30)14-22(21)23-15-28(34)32(16-27(23)38-3)24(10-11-37-2)25(33)13-18-4-6-19(7-5-18)29(35)36/h4-9,12,14-16,24H,10-11,13H2,1-3H3,(H,35,36). The summed E-state index contributed by atoms with van der Waals surface area (Å²) in [4.78, 5) is 38.0. The molecule has 0 aliphatic carbocycles. The summed E-state index contributed by atoms with van der Waals surface area (Å²) < 4.78 is 17.7. The third-order valence-electron chi connectivity index (χ3n) is 6.31. The number of aryl methyl sites for hydroxylation is 1. The number of methoxy groups -OCH3 is 2. The Kier molecular flexibility index (Phi) is 8.63. The van der Waals surface area contributed by atoms with Gasteiger partial charge in [-0.15, -0.1) is 0 Å². The molecule has 0 amide bonds. The summed E-state index contributed by atoms with van der Waals surface area (Å²) in [6, 6.07) is 13.6. The van der Waals surface area contributed by atoms with Crippen molar-refractivity contribution in [1.82, 2.24) is 9.72 Å². The van der Waals surface area contributed by atoms with Gasteiger partial charge in [0.1, 0.15) is 5.75 Å². The van der Waals surface area contributed by atoms with Crippen molar-refractivity contribution in [1.29, 1.82) is 0 Å². The number of rotatable bonds is 11. The lowest BCUT2D eigenvalue weighted by Gasteiger charge is -2.21. The second-order valence-electron chi connectivity index (χ2n) is 8.97. The number of hydrogen-bond donors (Lipinski definition) is 1. The largest absolute Gasteiger partial charge is 0.495 e. The minimum absolute atomic E-state index is 0.00801. The monoisotopic (exact) mass is 550 g/mol. The van der Waals surface area contributed by atoms with Gasteiger partial charge in [-0.25, -0.2) is 4.79 Å². The molecule has 2 aromatic heterocycles. The molecule has 1 atom stereocenters. The van der Waals surface area contributed by atoms with Crippen molar-refractivity contribution in [2.24, 2.45) is 0 Å². The molecule has 0 radical (unpaired) electrons. The maximum absolute atomic E-state index is 13.5. The number of ketones is 1. The summed E-state index contributed by atoms with van der Waals surface area (Å²) in [5.41, 5.74) is 2.80. The molecular formula is C29H27ClN2O7. The topological polar surface area (TPSA) is 121 Å². The number of halogens is 1. The molecule has 0 fully saturated rings. The first-order valence-corrected chi connectivity index (χ1v) is 12.5. The van der Waals surface area contributed by atoms with Crippen molar-refractivity contribution >= 4 is 23.4 Å². The number of nitrogens with zero attached hydrogens (tertiary/aromatic N) is 2. The average molecular weight is 551 g/mol. The average Bonchev–Trinajstić information content (AvgIpc) is 3.35. The molecule has 0 spiro atoms. The number of carbonyl (C=O) groups is 2. The van der Waals surface area contributed by atoms with Gasteiger partial charge in [-0.05, 0) is 54.8 Å². The van der Waals surface area contributed by atoms with E-state index in [1.54, 1.807) is 36.4 Å². The van der Waals surface area contributed by atoms with Crippen molar-refractivity contribution in [2.75, 3.05) is 20.8 Å². The molecule has 39 heavy (non-hydrogen) atoms. The molecule has 9 nitrogen and oxygen atoms in total. The molecule has 2 heterocycles. The first-order valence-electron chi connectivity index (χ1n) is 12.1. The number of hydrogen-bond acceptors (Lipinski definition) is 7. The molecule has 0 bridgehead atoms. The van der Waals surface area contributed by atoms with E-state index in [0.717, 1.165) is 0 Å². The fourth-order valence-electron chi connectivity index (χ4n) is 4.36. The van der Waals surface area contributed by atoms with Crippen LogP contribution in [0.25, 0.3) is 22.5 Å². The zero-order valence-electron chi connectivity index (χ0n) is 21.6. The molecule has 1 N–H and O–H groups in total. The quantitative estimate of drug-likeness (QED) is 0.269. The molecule has 4 aromatic rings. The van der Waals surface area contributed by atoms with Crippen molar-refractivity contribution in [3.63, 3.8) is 0 Å². The number of aromatic carboxylic acids is 1. The van der Waals surface area contributed by atoms with E-state index in [-0.39, 0.29) is 30.8 Å². The van der Waals surface area contributed by atoms with E-state index in [1.165, 1.54) is 43.2 Å². The van der Waals surface area contributed by atoms with E-state index >= 15 is 0 Å². The van der Waals surface area contributed by atoms with Gasteiger partial charge < -0.3 is 23.7 Å². The van der Waals surface area contributed by atoms with Crippen LogP contribution in [-0.4, -0.2) is 47.4 Å². The summed E-state index contributed by atoms with van der Waals surface area (Å²) in [7, 11) is 3.00. The summed E-state index contributed by atoms with van der Waals surface area (Å²) in [6.07, 6.45) is 1.78. The highest BCUT2D eigenvalue weighted by atomic mass is 35.5. The van der Waals surface area contributed by atoms with Gasteiger partial charge in [-0.2, -0.15) is 0 Å². The number of carboxylic acid groups (broad SMARTS) is 1. The van der Waals surface area contributed by atoms with E-state index in [4.69, 9.17) is 30.7 Å². The third kappa shape index (κ3) is 6.27. The van der Waals surface area contributed by atoms with Gasteiger partial charge in [0.25, 0.3) is 5.56 Å². The zero-order valence-corrected chi connectivity index (χ0v) is 22.4. The fraction of sp³-hybridized carbons (Fsp3) is 0.241. The highest BCUT2D eigenvalue weighted by Gasteiger charge is 2.25. The Hall–Kier alpha value is -4.21. The molecule has 0 saturated carbocycles. The number of ether oxygens (including phenoxy) is 2. The molecule has 1 unspecified atom stereocenters. The lowest BCUT2D eigenvalue weighted by atomic mass is 9.97. The lowest BCUT2D eigenvalue weighted by molar-refractivity contribution is -0.122. The van der Waals surface area contributed by atoms with Crippen molar-refractivity contribution in [2.45, 2.75) is 25.8 Å². The first kappa shape index (κ1) is 27.8. The molecule has 202 valence electrons. The Balaban J connectivity index is 1.75. The van der Waals surface area contributed by atoms with E-state index in [2.05, 4.69) is 5.16 Å². The molecule has 4 rings (SSSR count). The summed E-state index contributed by atoms with van der Waals surface area (Å²) in [6.45, 7) is 2.05. The van der Waals surface area contributed by atoms with Crippen LogP contribution >= 0.6 is 11.6 Å². The molecule has 0 aliphatic rings. The van der Waals surface area contributed by atoms with Gasteiger partial charge in [-0.1, -0.05) is 28.9 Å². The number of aromatic nitrogens is 2. The number of pyridine rings is 1. The summed E-state index contributed by atoms with van der Waals surface area (Å²) >= 11 is 6.32. The number of carbonyl (C=O) groups excluding carboxylic acids is 1. The van der Waals surface area contributed by atoms with Gasteiger partial charge in [0.05, 0.1) is 30.6 Å². The minimum Gasteiger partial charge on any atom is -0.495 e. The van der Waals surface area contributed by atoms with E-state index in [0.29, 0.717) is 44.5 Å². The molecule has 0 saturated heterocycles. The number of carboxylic acids is 1. The van der Waals surface area contributed by atoms with Gasteiger partial charge in [0.15, 0.2) is 11.5 Å². The van der Waals surface area contributed by atoms with Crippen molar-refractivity contribution < 1.29 is 28.7 Å². The van der Waals surface area contributed by atoms with Gasteiger partial charge >= 0.3 is 5.97 Å². The Labute approximate surface area is 229 Å². The zero-order chi connectivity index (χ0) is 28.1. The van der Waals surface area contributed by atoms with Crippen LogP contribution in [0.4, 0.5) is 0 Å². The van der Waals surface area contributed by atoms with Crippen LogP contribution in [0.3, 0.4) is 0 Å². The predicted molar refractivity (Wildman–Crippen MR) is 146 cm³/mol. The normalized spacial score (nSPS) is 11.8. The Morgan fingerprint density at radius 3 is 2.41 bits per heavy atom. The van der Waals surface area contributed by atoms with Gasteiger partial charge in [-0.3, -0.25) is 9.59 Å². The van der Waals surface area contributed by atoms with Gasteiger partial charge in [0.2, 0.25) is 0 Å². The smallest absolute Gasteiger partial charge is 0.335 e. The Bertz CT molecular complexity index is 1560. The second-order valence-corrected chi connectivity index (χ2v) is 9.40. The maximum atomic E-state index is 13.5. The Morgan fingerprint density at radius 2 is 1.79 bits per heavy atom. The van der Waals surface area contributed by atoms with Crippen LogP contribution < -0.4 is 10.3 Å². The van der Waals surface area contributed by atoms with Crippen LogP contribution in [-0.2, 0) is 16.0 Å². The van der Waals surface area contributed by atoms with Crippen LogP contribution in [0, 0.1) is 6.92 Å². The van der Waals surface area contributed by atoms with E-state index in [9.17, 15) is 14.4 Å². The van der Waals surface area contributed by atoms with Crippen LogP contribution in [0.5, 0.6) is 5.75 Å².